The van der Waals surface area contributed by atoms with Crippen LogP contribution in [-0.4, -0.2) is 29.4 Å². The van der Waals surface area contributed by atoms with Gasteiger partial charge < -0.3 is 4.57 Å². The Kier molecular flexibility index (Phi) is 3.39. The first-order chi connectivity index (χ1) is 12.8. The number of fused-ring (bicyclic) bond motifs is 1. The molecule has 0 N–H and O–H groups in total. The van der Waals surface area contributed by atoms with Crippen molar-refractivity contribution in [2.75, 3.05) is 0 Å². The molecule has 0 fully saturated rings. The van der Waals surface area contributed by atoms with Crippen molar-refractivity contribution < 1.29 is 0 Å². The van der Waals surface area contributed by atoms with E-state index < -0.39 is 0 Å². The number of thiazole rings is 1. The highest BCUT2D eigenvalue weighted by atomic mass is 32.1. The average Bonchev–Trinajstić information content (AvgIpc) is 3.39. The van der Waals surface area contributed by atoms with E-state index in [1.165, 1.54) is 0 Å². The maximum atomic E-state index is 4.95. The highest BCUT2D eigenvalue weighted by Gasteiger charge is 2.20. The first-order valence-corrected chi connectivity index (χ1v) is 8.96. The number of aromatic nitrogens is 6. The molecule has 0 saturated carbocycles. The van der Waals surface area contributed by atoms with Crippen LogP contribution in [0.15, 0.2) is 67.3 Å². The van der Waals surface area contributed by atoms with Crippen molar-refractivity contribution in [1.29, 1.82) is 0 Å². The van der Waals surface area contributed by atoms with Crippen LogP contribution in [0.5, 0.6) is 0 Å². The number of benzene rings is 1. The Balaban J connectivity index is 1.76. The molecular weight excluding hydrogens is 344 g/mol. The predicted octanol–water partition coefficient (Wildman–Crippen LogP) is 3.92. The van der Waals surface area contributed by atoms with Crippen LogP contribution in [-0.2, 0) is 7.05 Å². The summed E-state index contributed by atoms with van der Waals surface area (Å²) in [5.74, 6) is 0.809. The normalized spacial score (nSPS) is 11.3. The molecule has 0 aliphatic rings. The molecule has 1 aromatic carbocycles. The molecule has 5 aromatic rings. The Hall–Kier alpha value is -3.32. The van der Waals surface area contributed by atoms with Crippen LogP contribution in [0.2, 0.25) is 0 Å². The molecule has 126 valence electrons. The van der Waals surface area contributed by atoms with Gasteiger partial charge >= 0.3 is 0 Å². The van der Waals surface area contributed by atoms with Crippen molar-refractivity contribution in [3.05, 3.63) is 67.3 Å². The van der Waals surface area contributed by atoms with E-state index in [-0.39, 0.29) is 0 Å². The van der Waals surface area contributed by atoms with E-state index in [9.17, 15) is 0 Å². The molecule has 26 heavy (non-hydrogen) atoms. The van der Waals surface area contributed by atoms with Gasteiger partial charge in [-0.2, -0.15) is 5.10 Å². The van der Waals surface area contributed by atoms with Gasteiger partial charge in [-0.3, -0.25) is 0 Å². The smallest absolute Gasteiger partial charge is 0.175 e. The lowest BCUT2D eigenvalue weighted by Crippen LogP contribution is -1.91. The van der Waals surface area contributed by atoms with E-state index in [1.54, 1.807) is 17.7 Å². The first kappa shape index (κ1) is 15.0. The van der Waals surface area contributed by atoms with Crippen LogP contribution in [0.3, 0.4) is 0 Å². The molecule has 0 atom stereocenters. The van der Waals surface area contributed by atoms with Crippen molar-refractivity contribution in [3.63, 3.8) is 0 Å². The lowest BCUT2D eigenvalue weighted by atomic mass is 10.1. The van der Waals surface area contributed by atoms with Gasteiger partial charge in [-0.1, -0.05) is 36.4 Å². The molecule has 4 heterocycles. The summed E-state index contributed by atoms with van der Waals surface area (Å²) in [5.41, 5.74) is 4.02. The summed E-state index contributed by atoms with van der Waals surface area (Å²) in [4.78, 5) is 5.96. The van der Waals surface area contributed by atoms with Crippen LogP contribution in [0.25, 0.3) is 38.0 Å². The minimum Gasteiger partial charge on any atom is -0.316 e. The van der Waals surface area contributed by atoms with Gasteiger partial charge in [0.1, 0.15) is 16.2 Å². The zero-order valence-corrected chi connectivity index (χ0v) is 14.8. The third-order valence-corrected chi connectivity index (χ3v) is 5.33. The maximum Gasteiger partial charge on any atom is 0.175 e. The predicted molar refractivity (Wildman–Crippen MR) is 102 cm³/mol. The molecule has 5 rings (SSSR count). The van der Waals surface area contributed by atoms with E-state index in [2.05, 4.69) is 27.4 Å². The van der Waals surface area contributed by atoms with E-state index in [0.717, 1.165) is 38.0 Å². The fraction of sp³-hybridized carbons (Fsp3) is 0.0526. The Morgan fingerprint density at radius 3 is 2.65 bits per heavy atom. The number of hydrogen-bond acceptors (Lipinski definition) is 5. The van der Waals surface area contributed by atoms with Crippen LogP contribution in [0.1, 0.15) is 0 Å². The lowest BCUT2D eigenvalue weighted by molar-refractivity contribution is 0.922. The zero-order valence-electron chi connectivity index (χ0n) is 13.9. The quantitative estimate of drug-likeness (QED) is 0.490. The van der Waals surface area contributed by atoms with Gasteiger partial charge in [-0.05, 0) is 12.1 Å². The Morgan fingerprint density at radius 1 is 1.00 bits per heavy atom. The third kappa shape index (κ3) is 2.33. The van der Waals surface area contributed by atoms with Crippen molar-refractivity contribution >= 4 is 16.9 Å². The lowest BCUT2D eigenvalue weighted by Gasteiger charge is -2.01. The van der Waals surface area contributed by atoms with Gasteiger partial charge in [0.15, 0.2) is 5.82 Å². The van der Waals surface area contributed by atoms with Gasteiger partial charge in [0.25, 0.3) is 0 Å². The maximum absolute atomic E-state index is 4.95. The SMILES string of the molecule is Cn1cnnc1-c1sc(-c2cnn3ccccc23)nc1-c1ccccc1. The summed E-state index contributed by atoms with van der Waals surface area (Å²) in [5, 5.41) is 13.7. The molecule has 0 saturated heterocycles. The second kappa shape index (κ2) is 5.89. The van der Waals surface area contributed by atoms with Crippen LogP contribution in [0, 0.1) is 0 Å². The van der Waals surface area contributed by atoms with E-state index in [1.807, 2.05) is 64.9 Å². The van der Waals surface area contributed by atoms with Crippen molar-refractivity contribution in [3.8, 4) is 32.5 Å². The molecule has 0 bridgehead atoms. The molecule has 0 spiro atoms. The second-order valence-corrected chi connectivity index (χ2v) is 6.92. The van der Waals surface area contributed by atoms with Crippen molar-refractivity contribution in [2.24, 2.45) is 7.05 Å². The standard InChI is InChI=1S/C19H14N6S/c1-24-12-20-23-18(24)17-16(13-7-3-2-4-8-13)22-19(26-17)14-11-21-25-10-6-5-9-15(14)25/h2-12H,1H3. The van der Waals surface area contributed by atoms with Crippen LogP contribution in [0.4, 0.5) is 0 Å². The molecule has 0 aliphatic heterocycles. The number of nitrogens with zero attached hydrogens (tertiary/aromatic N) is 6. The zero-order chi connectivity index (χ0) is 17.5. The fourth-order valence-electron chi connectivity index (χ4n) is 2.97. The number of aryl methyl sites for hydroxylation is 1. The summed E-state index contributed by atoms with van der Waals surface area (Å²) in [6.45, 7) is 0. The summed E-state index contributed by atoms with van der Waals surface area (Å²) in [7, 11) is 1.94. The number of hydrogen-bond donors (Lipinski definition) is 0. The molecule has 7 heteroatoms. The van der Waals surface area contributed by atoms with Crippen molar-refractivity contribution in [1.82, 2.24) is 29.4 Å². The third-order valence-electron chi connectivity index (χ3n) is 4.25. The van der Waals surface area contributed by atoms with Crippen molar-refractivity contribution in [2.45, 2.75) is 0 Å². The molecular formula is C19H14N6S. The van der Waals surface area contributed by atoms with Gasteiger partial charge in [0.05, 0.1) is 23.0 Å². The molecule has 0 amide bonds. The molecule has 6 nitrogen and oxygen atoms in total. The van der Waals surface area contributed by atoms with Gasteiger partial charge in [-0.15, -0.1) is 21.5 Å². The minimum absolute atomic E-state index is 0.809. The van der Waals surface area contributed by atoms with E-state index >= 15 is 0 Å². The summed E-state index contributed by atoms with van der Waals surface area (Å²) in [6.07, 6.45) is 5.51. The van der Waals surface area contributed by atoms with Gasteiger partial charge in [0.2, 0.25) is 0 Å². The topological polar surface area (TPSA) is 60.9 Å². The average molecular weight is 358 g/mol. The highest BCUT2D eigenvalue weighted by Crippen LogP contribution is 2.40. The number of rotatable bonds is 3. The van der Waals surface area contributed by atoms with Gasteiger partial charge in [0, 0.05) is 18.8 Å². The minimum atomic E-state index is 0.809. The highest BCUT2D eigenvalue weighted by molar-refractivity contribution is 7.19. The first-order valence-electron chi connectivity index (χ1n) is 8.14. The summed E-state index contributed by atoms with van der Waals surface area (Å²) < 4.78 is 3.78. The van der Waals surface area contributed by atoms with Gasteiger partial charge in [-0.25, -0.2) is 9.50 Å². The molecule has 0 unspecified atom stereocenters. The fourth-order valence-corrected chi connectivity index (χ4v) is 4.10. The molecule has 0 radical (unpaired) electrons. The van der Waals surface area contributed by atoms with Crippen LogP contribution < -0.4 is 0 Å². The summed E-state index contributed by atoms with van der Waals surface area (Å²) >= 11 is 1.61. The Labute approximate surface area is 153 Å². The van der Waals surface area contributed by atoms with E-state index in [0.29, 0.717) is 0 Å². The number of pyridine rings is 1. The molecule has 0 aliphatic carbocycles. The monoisotopic (exact) mass is 358 g/mol. The Bertz CT molecular complexity index is 1200. The van der Waals surface area contributed by atoms with Crippen LogP contribution >= 0.6 is 11.3 Å². The Morgan fingerprint density at radius 2 is 1.85 bits per heavy atom. The largest absolute Gasteiger partial charge is 0.316 e. The molecule has 4 aromatic heterocycles. The summed E-state index contributed by atoms with van der Waals surface area (Å²) in [6, 6.07) is 16.2. The second-order valence-electron chi connectivity index (χ2n) is 5.92. The van der Waals surface area contributed by atoms with E-state index in [4.69, 9.17) is 4.98 Å².